The van der Waals surface area contributed by atoms with Crippen LogP contribution < -0.4 is 15.4 Å². The first-order valence-electron chi connectivity index (χ1n) is 8.80. The van der Waals surface area contributed by atoms with Gasteiger partial charge in [-0.2, -0.15) is 0 Å². The Morgan fingerprint density at radius 2 is 1.60 bits per heavy atom. The number of primary amides is 1. The molecule has 0 aliphatic carbocycles. The fourth-order valence-electron chi connectivity index (χ4n) is 2.72. The van der Waals surface area contributed by atoms with Crippen LogP contribution in [0.4, 0.5) is 15.8 Å². The predicted octanol–water partition coefficient (Wildman–Crippen LogP) is 2.76. The fourth-order valence-corrected chi connectivity index (χ4v) is 4.17. The van der Waals surface area contributed by atoms with Gasteiger partial charge >= 0.3 is 0 Å². The molecule has 0 spiro atoms. The first-order valence-corrected chi connectivity index (χ1v) is 10.2. The van der Waals surface area contributed by atoms with E-state index in [4.69, 9.17) is 5.73 Å². The Bertz CT molecular complexity index is 1170. The molecule has 7 nitrogen and oxygen atoms in total. The number of carbonyl (C=O) groups is 2. The highest BCUT2D eigenvalue weighted by Gasteiger charge is 2.27. The number of halogens is 1. The normalized spacial score (nSPS) is 11.0. The highest BCUT2D eigenvalue weighted by atomic mass is 32.2. The summed E-state index contributed by atoms with van der Waals surface area (Å²) in [4.78, 5) is 23.9. The van der Waals surface area contributed by atoms with Gasteiger partial charge in [0.2, 0.25) is 11.8 Å². The first kappa shape index (κ1) is 21.0. The molecule has 30 heavy (non-hydrogen) atoms. The smallest absolute Gasteiger partial charge is 0.264 e. The van der Waals surface area contributed by atoms with E-state index in [1.54, 1.807) is 18.2 Å². The summed E-state index contributed by atoms with van der Waals surface area (Å²) in [5, 5.41) is 2.55. The van der Waals surface area contributed by atoms with Crippen LogP contribution >= 0.6 is 0 Å². The van der Waals surface area contributed by atoms with Crippen molar-refractivity contribution in [3.8, 4) is 0 Å². The maximum atomic E-state index is 13.3. The Balaban J connectivity index is 1.91. The molecule has 0 aliphatic heterocycles. The fraction of sp³-hybridized carbons (Fsp3) is 0.0476. The summed E-state index contributed by atoms with van der Waals surface area (Å²) in [7, 11) is -4.10. The van der Waals surface area contributed by atoms with Crippen LogP contribution in [0.5, 0.6) is 0 Å². The zero-order valence-corrected chi connectivity index (χ0v) is 16.5. The van der Waals surface area contributed by atoms with E-state index in [1.165, 1.54) is 48.5 Å². The Morgan fingerprint density at radius 3 is 2.23 bits per heavy atom. The van der Waals surface area contributed by atoms with Crippen molar-refractivity contribution in [2.45, 2.75) is 4.90 Å². The third-order valence-electron chi connectivity index (χ3n) is 4.16. The summed E-state index contributed by atoms with van der Waals surface area (Å²) in [5.74, 6) is -1.85. The molecule has 0 fully saturated rings. The first-order chi connectivity index (χ1) is 14.3. The minimum absolute atomic E-state index is 0.0159. The number of hydrogen-bond acceptors (Lipinski definition) is 4. The van der Waals surface area contributed by atoms with E-state index in [-0.39, 0.29) is 21.8 Å². The molecule has 0 aromatic heterocycles. The van der Waals surface area contributed by atoms with Gasteiger partial charge < -0.3 is 11.1 Å². The zero-order chi connectivity index (χ0) is 21.7. The minimum Gasteiger partial charge on any atom is -0.366 e. The van der Waals surface area contributed by atoms with Gasteiger partial charge in [0.15, 0.2) is 0 Å². The van der Waals surface area contributed by atoms with Crippen molar-refractivity contribution in [1.29, 1.82) is 0 Å². The van der Waals surface area contributed by atoms with Gasteiger partial charge in [0.25, 0.3) is 10.0 Å². The quantitative estimate of drug-likeness (QED) is 0.604. The number of anilines is 2. The summed E-state index contributed by atoms with van der Waals surface area (Å²) >= 11 is 0. The molecule has 0 heterocycles. The largest absolute Gasteiger partial charge is 0.366 e. The van der Waals surface area contributed by atoms with Gasteiger partial charge in [0.05, 0.1) is 10.6 Å². The second kappa shape index (κ2) is 8.75. The SMILES string of the molecule is NC(=O)c1cccc(NC(=O)CN(c2ccc(F)cc2)S(=O)(=O)c2ccccc2)c1. The van der Waals surface area contributed by atoms with Crippen molar-refractivity contribution >= 4 is 33.2 Å². The second-order valence-electron chi connectivity index (χ2n) is 6.29. The molecule has 0 unspecified atom stereocenters. The van der Waals surface area contributed by atoms with Crippen LogP contribution in [0, 0.1) is 5.82 Å². The van der Waals surface area contributed by atoms with Gasteiger partial charge in [-0.3, -0.25) is 13.9 Å². The maximum Gasteiger partial charge on any atom is 0.264 e. The van der Waals surface area contributed by atoms with E-state index in [0.717, 1.165) is 16.4 Å². The van der Waals surface area contributed by atoms with Crippen molar-refractivity contribution in [2.75, 3.05) is 16.2 Å². The average molecular weight is 427 g/mol. The monoisotopic (exact) mass is 427 g/mol. The van der Waals surface area contributed by atoms with Gasteiger partial charge in [-0.05, 0) is 54.6 Å². The van der Waals surface area contributed by atoms with Crippen molar-refractivity contribution in [1.82, 2.24) is 0 Å². The van der Waals surface area contributed by atoms with Gasteiger partial charge in [0.1, 0.15) is 12.4 Å². The van der Waals surface area contributed by atoms with Crippen molar-refractivity contribution in [3.63, 3.8) is 0 Å². The summed E-state index contributed by atoms with van der Waals surface area (Å²) in [6.07, 6.45) is 0. The number of rotatable bonds is 7. The number of sulfonamides is 1. The molecule has 154 valence electrons. The number of nitrogens with zero attached hydrogens (tertiary/aromatic N) is 1. The lowest BCUT2D eigenvalue weighted by Gasteiger charge is -2.24. The lowest BCUT2D eigenvalue weighted by Crippen LogP contribution is -2.38. The van der Waals surface area contributed by atoms with Gasteiger partial charge in [-0.25, -0.2) is 12.8 Å². The van der Waals surface area contributed by atoms with Crippen molar-refractivity contribution in [3.05, 3.63) is 90.2 Å². The van der Waals surface area contributed by atoms with E-state index in [2.05, 4.69) is 5.32 Å². The summed E-state index contributed by atoms with van der Waals surface area (Å²) in [6.45, 7) is -0.566. The number of amides is 2. The van der Waals surface area contributed by atoms with E-state index < -0.39 is 34.2 Å². The molecular formula is C21H18FN3O4S. The van der Waals surface area contributed by atoms with Crippen LogP contribution in [0.3, 0.4) is 0 Å². The van der Waals surface area contributed by atoms with Gasteiger partial charge in [-0.15, -0.1) is 0 Å². The van der Waals surface area contributed by atoms with Crippen LogP contribution in [-0.4, -0.2) is 26.8 Å². The molecular weight excluding hydrogens is 409 g/mol. The lowest BCUT2D eigenvalue weighted by atomic mass is 10.2. The Labute approximate surface area is 173 Å². The molecule has 3 N–H and O–H groups in total. The molecule has 0 aliphatic rings. The minimum atomic E-state index is -4.10. The highest BCUT2D eigenvalue weighted by molar-refractivity contribution is 7.92. The van der Waals surface area contributed by atoms with Crippen LogP contribution in [0.25, 0.3) is 0 Å². The summed E-state index contributed by atoms with van der Waals surface area (Å²) in [6, 6.07) is 18.3. The molecule has 2 amide bonds. The van der Waals surface area contributed by atoms with E-state index in [1.807, 2.05) is 0 Å². The van der Waals surface area contributed by atoms with Crippen molar-refractivity contribution in [2.24, 2.45) is 5.73 Å². The molecule has 3 aromatic carbocycles. The molecule has 0 saturated heterocycles. The van der Waals surface area contributed by atoms with E-state index in [9.17, 15) is 22.4 Å². The molecule has 3 aromatic rings. The number of benzene rings is 3. The predicted molar refractivity (Wildman–Crippen MR) is 111 cm³/mol. The molecule has 0 radical (unpaired) electrons. The summed E-state index contributed by atoms with van der Waals surface area (Å²) < 4.78 is 40.5. The highest BCUT2D eigenvalue weighted by Crippen LogP contribution is 2.24. The number of nitrogens with one attached hydrogen (secondary N) is 1. The van der Waals surface area contributed by atoms with E-state index >= 15 is 0 Å². The Hall–Kier alpha value is -3.72. The number of nitrogens with two attached hydrogens (primary N) is 1. The van der Waals surface area contributed by atoms with Crippen LogP contribution in [0.15, 0.2) is 83.8 Å². The lowest BCUT2D eigenvalue weighted by molar-refractivity contribution is -0.114. The Kier molecular flexibility index (Phi) is 6.12. The zero-order valence-electron chi connectivity index (χ0n) is 15.7. The molecule has 0 saturated carbocycles. The van der Waals surface area contributed by atoms with Crippen LogP contribution in [0.1, 0.15) is 10.4 Å². The topological polar surface area (TPSA) is 110 Å². The number of carbonyl (C=O) groups excluding carboxylic acids is 2. The number of hydrogen-bond donors (Lipinski definition) is 2. The van der Waals surface area contributed by atoms with Gasteiger partial charge in [0, 0.05) is 11.3 Å². The summed E-state index contributed by atoms with van der Waals surface area (Å²) in [5.41, 5.74) is 5.84. The second-order valence-corrected chi connectivity index (χ2v) is 8.16. The standard InChI is InChI=1S/C21H18FN3O4S/c22-16-9-11-18(12-10-16)25(30(28,29)19-7-2-1-3-8-19)14-20(26)24-17-6-4-5-15(13-17)21(23)27/h1-13H,14H2,(H2,23,27)(H,24,26). The van der Waals surface area contributed by atoms with E-state index in [0.29, 0.717) is 0 Å². The molecule has 0 atom stereocenters. The average Bonchev–Trinajstić information content (AvgIpc) is 2.73. The van der Waals surface area contributed by atoms with Crippen LogP contribution in [0.2, 0.25) is 0 Å². The third kappa shape index (κ3) is 4.81. The van der Waals surface area contributed by atoms with Gasteiger partial charge in [-0.1, -0.05) is 24.3 Å². The molecule has 3 rings (SSSR count). The van der Waals surface area contributed by atoms with Crippen molar-refractivity contribution < 1.29 is 22.4 Å². The van der Waals surface area contributed by atoms with Crippen LogP contribution in [-0.2, 0) is 14.8 Å². The molecule has 9 heteroatoms. The Morgan fingerprint density at radius 1 is 0.933 bits per heavy atom. The molecule has 0 bridgehead atoms. The third-order valence-corrected chi connectivity index (χ3v) is 5.95. The maximum absolute atomic E-state index is 13.3.